The van der Waals surface area contributed by atoms with Crippen molar-refractivity contribution in [3.8, 4) is 11.5 Å². The molecule has 0 unspecified atom stereocenters. The minimum atomic E-state index is -0.132. The number of amides is 1. The summed E-state index contributed by atoms with van der Waals surface area (Å²) in [6.45, 7) is 7.78. The van der Waals surface area contributed by atoms with Crippen LogP contribution in [0.15, 0.2) is 41.8 Å². The zero-order valence-electron chi connectivity index (χ0n) is 19.0. The van der Waals surface area contributed by atoms with Crippen molar-refractivity contribution < 1.29 is 14.3 Å². The number of methoxy groups -OCH3 is 1. The molecule has 2 aromatic carbocycles. The Morgan fingerprint density at radius 3 is 2.72 bits per heavy atom. The van der Waals surface area contributed by atoms with Gasteiger partial charge in [0.05, 0.1) is 13.7 Å². The van der Waals surface area contributed by atoms with Gasteiger partial charge in [0.25, 0.3) is 5.91 Å². The van der Waals surface area contributed by atoms with Crippen molar-refractivity contribution in [2.24, 2.45) is 0 Å². The molecule has 6 nitrogen and oxygen atoms in total. The SMILES string of the molecule is CNC(=O)c1cc(C)c(OCCCN2CCN(c3cccc4sccc34)CC2)c(OC)c1. The minimum Gasteiger partial charge on any atom is -0.493 e. The molecule has 1 aliphatic rings. The molecule has 2 heterocycles. The molecule has 170 valence electrons. The second kappa shape index (κ2) is 10.2. The van der Waals surface area contributed by atoms with E-state index in [4.69, 9.17) is 9.47 Å². The molecular formula is C25H31N3O3S. The van der Waals surface area contributed by atoms with Crippen LogP contribution in [0.25, 0.3) is 10.1 Å². The van der Waals surface area contributed by atoms with Crippen LogP contribution in [0.3, 0.4) is 0 Å². The Morgan fingerprint density at radius 1 is 1.16 bits per heavy atom. The van der Waals surface area contributed by atoms with Crippen LogP contribution in [0, 0.1) is 6.92 Å². The van der Waals surface area contributed by atoms with E-state index in [9.17, 15) is 4.79 Å². The average Bonchev–Trinajstić information content (AvgIpc) is 3.31. The third-order valence-corrected chi connectivity index (χ3v) is 6.88. The summed E-state index contributed by atoms with van der Waals surface area (Å²) < 4.78 is 12.9. The van der Waals surface area contributed by atoms with E-state index in [0.717, 1.165) is 44.7 Å². The summed E-state index contributed by atoms with van der Waals surface area (Å²) in [5, 5.41) is 6.19. The molecule has 0 spiro atoms. The van der Waals surface area contributed by atoms with Gasteiger partial charge in [0, 0.05) is 61.1 Å². The maximum absolute atomic E-state index is 11.9. The summed E-state index contributed by atoms with van der Waals surface area (Å²) >= 11 is 1.80. The predicted molar refractivity (Wildman–Crippen MR) is 132 cm³/mol. The van der Waals surface area contributed by atoms with Gasteiger partial charge >= 0.3 is 0 Å². The van der Waals surface area contributed by atoms with Crippen LogP contribution in [-0.4, -0.2) is 64.3 Å². The number of anilines is 1. The van der Waals surface area contributed by atoms with Crippen molar-refractivity contribution in [1.29, 1.82) is 0 Å². The summed E-state index contributed by atoms with van der Waals surface area (Å²) in [5.41, 5.74) is 2.83. The summed E-state index contributed by atoms with van der Waals surface area (Å²) in [5.74, 6) is 1.18. The molecule has 0 radical (unpaired) electrons. The van der Waals surface area contributed by atoms with E-state index < -0.39 is 0 Å². The predicted octanol–water partition coefficient (Wildman–Crippen LogP) is 4.17. The number of nitrogens with one attached hydrogen (secondary N) is 1. The van der Waals surface area contributed by atoms with Gasteiger partial charge in [-0.05, 0) is 54.6 Å². The highest BCUT2D eigenvalue weighted by molar-refractivity contribution is 7.17. The summed E-state index contributed by atoms with van der Waals surface area (Å²) in [6, 6.07) is 12.4. The van der Waals surface area contributed by atoms with Crippen molar-refractivity contribution in [1.82, 2.24) is 10.2 Å². The first-order valence-electron chi connectivity index (χ1n) is 11.1. The van der Waals surface area contributed by atoms with Gasteiger partial charge in [0.15, 0.2) is 11.5 Å². The highest BCUT2D eigenvalue weighted by Gasteiger charge is 2.19. The quantitative estimate of drug-likeness (QED) is 0.519. The van der Waals surface area contributed by atoms with E-state index in [0.29, 0.717) is 23.7 Å². The van der Waals surface area contributed by atoms with E-state index in [1.807, 2.05) is 13.0 Å². The van der Waals surface area contributed by atoms with Crippen LogP contribution in [0.2, 0.25) is 0 Å². The Hall–Kier alpha value is -2.77. The van der Waals surface area contributed by atoms with Crippen LogP contribution in [0.4, 0.5) is 5.69 Å². The molecule has 1 saturated heterocycles. The normalized spacial score (nSPS) is 14.5. The van der Waals surface area contributed by atoms with Crippen LogP contribution in [0.1, 0.15) is 22.3 Å². The third-order valence-electron chi connectivity index (χ3n) is 6.00. The molecule has 4 rings (SSSR count). The number of piperazine rings is 1. The van der Waals surface area contributed by atoms with E-state index >= 15 is 0 Å². The number of hydrogen-bond acceptors (Lipinski definition) is 6. The van der Waals surface area contributed by atoms with Gasteiger partial charge in [0.1, 0.15) is 0 Å². The largest absolute Gasteiger partial charge is 0.493 e. The second-order valence-corrected chi connectivity index (χ2v) is 8.99. The Kier molecular flexibility index (Phi) is 7.17. The number of thiophene rings is 1. The molecule has 0 saturated carbocycles. The number of nitrogens with zero attached hydrogens (tertiary/aromatic N) is 2. The zero-order chi connectivity index (χ0) is 22.5. The Balaban J connectivity index is 1.27. The molecule has 0 bridgehead atoms. The van der Waals surface area contributed by atoms with Gasteiger partial charge in [-0.25, -0.2) is 0 Å². The van der Waals surface area contributed by atoms with Gasteiger partial charge in [-0.1, -0.05) is 6.07 Å². The smallest absolute Gasteiger partial charge is 0.251 e. The van der Waals surface area contributed by atoms with Crippen molar-refractivity contribution in [2.75, 3.05) is 58.4 Å². The van der Waals surface area contributed by atoms with Crippen LogP contribution in [-0.2, 0) is 0 Å². The molecule has 3 aromatic rings. The number of ether oxygens (including phenoxy) is 2. The molecule has 1 N–H and O–H groups in total. The molecule has 0 aliphatic carbocycles. The minimum absolute atomic E-state index is 0.132. The van der Waals surface area contributed by atoms with Gasteiger partial charge in [-0.2, -0.15) is 0 Å². The number of rotatable bonds is 8. The molecule has 7 heteroatoms. The lowest BCUT2D eigenvalue weighted by Gasteiger charge is -2.36. The lowest BCUT2D eigenvalue weighted by Crippen LogP contribution is -2.46. The molecule has 32 heavy (non-hydrogen) atoms. The van der Waals surface area contributed by atoms with Crippen molar-refractivity contribution in [3.63, 3.8) is 0 Å². The lowest BCUT2D eigenvalue weighted by molar-refractivity contribution is 0.0962. The van der Waals surface area contributed by atoms with Crippen LogP contribution in [0.5, 0.6) is 11.5 Å². The number of fused-ring (bicyclic) bond motifs is 1. The first kappa shape index (κ1) is 22.4. The molecule has 0 atom stereocenters. The summed E-state index contributed by atoms with van der Waals surface area (Å²) in [6.07, 6.45) is 0.944. The first-order valence-corrected chi connectivity index (χ1v) is 12.0. The number of benzene rings is 2. The monoisotopic (exact) mass is 453 g/mol. The number of aryl methyl sites for hydroxylation is 1. The number of carbonyl (C=O) groups excluding carboxylic acids is 1. The van der Waals surface area contributed by atoms with E-state index in [2.05, 4.69) is 44.8 Å². The van der Waals surface area contributed by atoms with E-state index in [-0.39, 0.29) is 5.91 Å². The van der Waals surface area contributed by atoms with Crippen LogP contribution < -0.4 is 19.7 Å². The van der Waals surface area contributed by atoms with E-state index in [1.165, 1.54) is 15.8 Å². The van der Waals surface area contributed by atoms with E-state index in [1.54, 1.807) is 31.6 Å². The lowest BCUT2D eigenvalue weighted by atomic mass is 10.1. The van der Waals surface area contributed by atoms with Crippen molar-refractivity contribution in [3.05, 3.63) is 52.9 Å². The molecular weight excluding hydrogens is 422 g/mol. The summed E-state index contributed by atoms with van der Waals surface area (Å²) in [7, 11) is 3.22. The van der Waals surface area contributed by atoms with Gasteiger partial charge in [-0.15, -0.1) is 11.3 Å². The Morgan fingerprint density at radius 2 is 1.97 bits per heavy atom. The molecule has 1 amide bonds. The highest BCUT2D eigenvalue weighted by atomic mass is 32.1. The number of hydrogen-bond donors (Lipinski definition) is 1. The topological polar surface area (TPSA) is 54.0 Å². The standard InChI is InChI=1S/C25H31N3O3S/c1-18-16-19(25(29)26-2)17-22(30-3)24(18)31-14-5-9-27-10-12-28(13-11-27)21-6-4-7-23-20(21)8-15-32-23/h4,6-8,15-17H,5,9-14H2,1-3H3,(H,26,29). The second-order valence-electron chi connectivity index (χ2n) is 8.04. The molecule has 1 fully saturated rings. The number of carbonyl (C=O) groups is 1. The fourth-order valence-corrected chi connectivity index (χ4v) is 5.09. The van der Waals surface area contributed by atoms with Gasteiger partial charge in [-0.3, -0.25) is 9.69 Å². The van der Waals surface area contributed by atoms with Crippen molar-refractivity contribution >= 4 is 33.0 Å². The zero-order valence-corrected chi connectivity index (χ0v) is 19.8. The molecule has 1 aromatic heterocycles. The summed E-state index contributed by atoms with van der Waals surface area (Å²) in [4.78, 5) is 16.9. The fourth-order valence-electron chi connectivity index (χ4n) is 4.28. The first-order chi connectivity index (χ1) is 15.6. The average molecular weight is 454 g/mol. The Labute approximate surface area is 193 Å². The van der Waals surface area contributed by atoms with Crippen LogP contribution >= 0.6 is 11.3 Å². The highest BCUT2D eigenvalue weighted by Crippen LogP contribution is 2.33. The maximum atomic E-state index is 11.9. The Bertz CT molecular complexity index is 1070. The van der Waals surface area contributed by atoms with Crippen molar-refractivity contribution in [2.45, 2.75) is 13.3 Å². The van der Waals surface area contributed by atoms with Gasteiger partial charge in [0.2, 0.25) is 0 Å². The van der Waals surface area contributed by atoms with Gasteiger partial charge < -0.3 is 19.7 Å². The maximum Gasteiger partial charge on any atom is 0.251 e. The third kappa shape index (κ3) is 4.84. The fraction of sp³-hybridized carbons (Fsp3) is 0.400. The molecule has 1 aliphatic heterocycles.